The molecule has 1 N–H and O–H groups in total. The van der Waals surface area contributed by atoms with Crippen molar-refractivity contribution in [3.8, 4) is 0 Å². The summed E-state index contributed by atoms with van der Waals surface area (Å²) in [6, 6.07) is 9.36. The zero-order chi connectivity index (χ0) is 12.6. The SMILES string of the molecule is O=C1NCC2(CCC2)C(=O)N1Cc1ccccc1. The van der Waals surface area contributed by atoms with Crippen LogP contribution in [0.15, 0.2) is 30.3 Å². The van der Waals surface area contributed by atoms with Gasteiger partial charge in [0.05, 0.1) is 12.0 Å². The fraction of sp³-hybridized carbons (Fsp3) is 0.429. The van der Waals surface area contributed by atoms with E-state index in [2.05, 4.69) is 5.32 Å². The number of amides is 3. The molecule has 1 heterocycles. The van der Waals surface area contributed by atoms with Gasteiger partial charge in [-0.1, -0.05) is 36.8 Å². The third kappa shape index (κ3) is 1.68. The van der Waals surface area contributed by atoms with Gasteiger partial charge < -0.3 is 5.32 Å². The van der Waals surface area contributed by atoms with Gasteiger partial charge in [-0.3, -0.25) is 9.69 Å². The van der Waals surface area contributed by atoms with Gasteiger partial charge in [-0.2, -0.15) is 0 Å². The summed E-state index contributed by atoms with van der Waals surface area (Å²) in [4.78, 5) is 25.6. The quantitative estimate of drug-likeness (QED) is 0.864. The van der Waals surface area contributed by atoms with Gasteiger partial charge in [0.25, 0.3) is 0 Å². The van der Waals surface area contributed by atoms with Crippen LogP contribution >= 0.6 is 0 Å². The van der Waals surface area contributed by atoms with Gasteiger partial charge in [0.2, 0.25) is 5.91 Å². The second-order valence-electron chi connectivity index (χ2n) is 5.17. The molecule has 4 nitrogen and oxygen atoms in total. The maximum absolute atomic E-state index is 12.4. The minimum atomic E-state index is -0.303. The van der Waals surface area contributed by atoms with Gasteiger partial charge in [0.1, 0.15) is 0 Å². The van der Waals surface area contributed by atoms with Crippen LogP contribution in [0, 0.1) is 5.41 Å². The van der Waals surface area contributed by atoms with Crippen LogP contribution in [0.5, 0.6) is 0 Å². The monoisotopic (exact) mass is 244 g/mol. The molecule has 0 aromatic heterocycles. The molecule has 0 atom stereocenters. The standard InChI is InChI=1S/C14H16N2O2/c17-12-14(7-4-8-14)10-15-13(18)16(12)9-11-5-2-1-3-6-11/h1-3,5-6H,4,7-10H2,(H,15,18). The van der Waals surface area contributed by atoms with Gasteiger partial charge in [-0.25, -0.2) is 4.79 Å². The van der Waals surface area contributed by atoms with Crippen LogP contribution in [0.1, 0.15) is 24.8 Å². The summed E-state index contributed by atoms with van der Waals surface area (Å²) in [5, 5.41) is 2.84. The highest BCUT2D eigenvalue weighted by atomic mass is 16.2. The number of rotatable bonds is 2. The van der Waals surface area contributed by atoms with Gasteiger partial charge in [-0.05, 0) is 18.4 Å². The van der Waals surface area contributed by atoms with E-state index in [9.17, 15) is 9.59 Å². The number of hydrogen-bond donors (Lipinski definition) is 1. The van der Waals surface area contributed by atoms with E-state index in [0.717, 1.165) is 24.8 Å². The van der Waals surface area contributed by atoms with Gasteiger partial charge in [0, 0.05) is 6.54 Å². The Morgan fingerprint density at radius 1 is 1.17 bits per heavy atom. The van der Waals surface area contributed by atoms with Crippen molar-refractivity contribution in [2.45, 2.75) is 25.8 Å². The van der Waals surface area contributed by atoms with Crippen molar-refractivity contribution < 1.29 is 9.59 Å². The van der Waals surface area contributed by atoms with E-state index in [4.69, 9.17) is 0 Å². The first-order valence-electron chi connectivity index (χ1n) is 6.35. The molecule has 3 amide bonds. The fourth-order valence-electron chi connectivity index (χ4n) is 2.70. The second kappa shape index (κ2) is 4.12. The molecule has 1 aliphatic heterocycles. The number of carbonyl (C=O) groups excluding carboxylic acids is 2. The molecule has 1 saturated carbocycles. The van der Waals surface area contributed by atoms with Crippen LogP contribution in [0.4, 0.5) is 4.79 Å². The van der Waals surface area contributed by atoms with Gasteiger partial charge in [0.15, 0.2) is 0 Å². The lowest BCUT2D eigenvalue weighted by Gasteiger charge is -2.46. The van der Waals surface area contributed by atoms with Crippen LogP contribution in [0.2, 0.25) is 0 Å². The molecule has 2 aliphatic rings. The molecule has 1 aromatic rings. The Hall–Kier alpha value is -1.84. The zero-order valence-corrected chi connectivity index (χ0v) is 10.2. The summed E-state index contributed by atoms with van der Waals surface area (Å²) in [7, 11) is 0. The van der Waals surface area contributed by atoms with Crippen molar-refractivity contribution in [3.05, 3.63) is 35.9 Å². The molecule has 0 unspecified atom stereocenters. The number of urea groups is 1. The molecule has 94 valence electrons. The number of hydrogen-bond acceptors (Lipinski definition) is 2. The summed E-state index contributed by atoms with van der Waals surface area (Å²) in [6.07, 6.45) is 2.88. The lowest BCUT2D eigenvalue weighted by Crippen LogP contribution is -2.62. The molecule has 1 aromatic carbocycles. The molecule has 18 heavy (non-hydrogen) atoms. The van der Waals surface area contributed by atoms with Gasteiger partial charge >= 0.3 is 6.03 Å². The van der Waals surface area contributed by atoms with Crippen LogP contribution in [-0.2, 0) is 11.3 Å². The Bertz CT molecular complexity index is 480. The van der Waals surface area contributed by atoms with Crippen molar-refractivity contribution in [1.29, 1.82) is 0 Å². The van der Waals surface area contributed by atoms with E-state index in [1.165, 1.54) is 4.90 Å². The summed E-state index contributed by atoms with van der Waals surface area (Å²) in [5.74, 6) is 0.00125. The predicted molar refractivity (Wildman–Crippen MR) is 66.7 cm³/mol. The maximum atomic E-state index is 12.4. The van der Waals surface area contributed by atoms with Crippen molar-refractivity contribution >= 4 is 11.9 Å². The van der Waals surface area contributed by atoms with Crippen LogP contribution in [-0.4, -0.2) is 23.4 Å². The van der Waals surface area contributed by atoms with Crippen LogP contribution in [0.25, 0.3) is 0 Å². The molecule has 2 fully saturated rings. The van der Waals surface area contributed by atoms with E-state index in [-0.39, 0.29) is 17.4 Å². The maximum Gasteiger partial charge on any atom is 0.324 e. The first-order valence-corrected chi connectivity index (χ1v) is 6.35. The van der Waals surface area contributed by atoms with Crippen LogP contribution in [0.3, 0.4) is 0 Å². The van der Waals surface area contributed by atoms with Crippen molar-refractivity contribution in [2.24, 2.45) is 5.41 Å². The number of nitrogens with zero attached hydrogens (tertiary/aromatic N) is 1. The molecule has 1 spiro atoms. The molecular weight excluding hydrogens is 228 g/mol. The molecule has 0 bridgehead atoms. The van der Waals surface area contributed by atoms with Crippen LogP contribution < -0.4 is 5.32 Å². The molecule has 1 aliphatic carbocycles. The lowest BCUT2D eigenvalue weighted by molar-refractivity contribution is -0.146. The third-order valence-electron chi connectivity index (χ3n) is 4.02. The highest BCUT2D eigenvalue weighted by molar-refractivity contribution is 6.00. The first kappa shape index (κ1) is 11.3. The number of imide groups is 1. The summed E-state index contributed by atoms with van der Waals surface area (Å²) in [6.45, 7) is 0.878. The summed E-state index contributed by atoms with van der Waals surface area (Å²) in [5.41, 5.74) is 0.681. The van der Waals surface area contributed by atoms with E-state index >= 15 is 0 Å². The number of carbonyl (C=O) groups is 2. The predicted octanol–water partition coefficient (Wildman–Crippen LogP) is 1.91. The average molecular weight is 244 g/mol. The topological polar surface area (TPSA) is 49.4 Å². The van der Waals surface area contributed by atoms with Crippen molar-refractivity contribution in [1.82, 2.24) is 10.2 Å². The van der Waals surface area contributed by atoms with Crippen molar-refractivity contribution in [2.75, 3.05) is 6.54 Å². The minimum Gasteiger partial charge on any atom is -0.337 e. The fourth-order valence-corrected chi connectivity index (χ4v) is 2.70. The Kier molecular flexibility index (Phi) is 2.58. The summed E-state index contributed by atoms with van der Waals surface area (Å²) < 4.78 is 0. The van der Waals surface area contributed by atoms with E-state index in [0.29, 0.717) is 13.1 Å². The molecule has 1 saturated heterocycles. The highest BCUT2D eigenvalue weighted by Gasteiger charge is 2.50. The molecule has 3 rings (SSSR count). The smallest absolute Gasteiger partial charge is 0.324 e. The number of benzene rings is 1. The normalized spacial score (nSPS) is 21.7. The largest absolute Gasteiger partial charge is 0.337 e. The zero-order valence-electron chi connectivity index (χ0n) is 10.2. The minimum absolute atomic E-state index is 0.00125. The molecular formula is C14H16N2O2. The average Bonchev–Trinajstić information content (AvgIpc) is 2.34. The Morgan fingerprint density at radius 3 is 2.50 bits per heavy atom. The third-order valence-corrected chi connectivity index (χ3v) is 4.02. The second-order valence-corrected chi connectivity index (χ2v) is 5.17. The molecule has 4 heteroatoms. The first-order chi connectivity index (χ1) is 8.71. The Morgan fingerprint density at radius 2 is 1.89 bits per heavy atom. The Labute approximate surface area is 106 Å². The molecule has 0 radical (unpaired) electrons. The number of nitrogens with one attached hydrogen (secondary N) is 1. The van der Waals surface area contributed by atoms with Crippen molar-refractivity contribution in [3.63, 3.8) is 0 Å². The van der Waals surface area contributed by atoms with E-state index in [1.54, 1.807) is 0 Å². The lowest BCUT2D eigenvalue weighted by atomic mass is 9.67. The highest BCUT2D eigenvalue weighted by Crippen LogP contribution is 2.43. The Balaban J connectivity index is 1.81. The van der Waals surface area contributed by atoms with E-state index < -0.39 is 0 Å². The summed E-state index contributed by atoms with van der Waals surface area (Å²) >= 11 is 0. The van der Waals surface area contributed by atoms with E-state index in [1.807, 2.05) is 30.3 Å². The van der Waals surface area contributed by atoms with Gasteiger partial charge in [-0.15, -0.1) is 0 Å².